The SMILES string of the molecule is Cc1cc2c(SCC(=O)N3CCc4nc[nH]c4C3)ncnc2s1. The summed E-state index contributed by atoms with van der Waals surface area (Å²) in [6, 6.07) is 2.09. The summed E-state index contributed by atoms with van der Waals surface area (Å²) in [4.78, 5) is 32.5. The van der Waals surface area contributed by atoms with Crippen molar-refractivity contribution in [2.24, 2.45) is 0 Å². The van der Waals surface area contributed by atoms with Gasteiger partial charge in [0.15, 0.2) is 0 Å². The zero-order valence-corrected chi connectivity index (χ0v) is 14.2. The second-order valence-corrected chi connectivity index (χ2v) is 7.64. The van der Waals surface area contributed by atoms with Gasteiger partial charge < -0.3 is 9.88 Å². The molecule has 0 atom stereocenters. The minimum absolute atomic E-state index is 0.133. The standard InChI is InChI=1S/C15H15N5OS2/c1-9-4-10-14(18-8-19-15(10)23-9)22-6-13(21)20-3-2-11-12(5-20)17-7-16-11/h4,7-8H,2-3,5-6H2,1H3,(H,16,17). The third-order valence-electron chi connectivity index (χ3n) is 3.88. The van der Waals surface area contributed by atoms with Crippen LogP contribution in [0.4, 0.5) is 0 Å². The first-order valence-corrected chi connectivity index (χ1v) is 9.14. The van der Waals surface area contributed by atoms with Crippen LogP contribution in [0, 0.1) is 6.92 Å². The van der Waals surface area contributed by atoms with Crippen LogP contribution < -0.4 is 0 Å². The molecule has 0 bridgehead atoms. The first-order valence-electron chi connectivity index (χ1n) is 7.33. The van der Waals surface area contributed by atoms with Gasteiger partial charge in [0.1, 0.15) is 16.2 Å². The molecule has 6 nitrogen and oxygen atoms in total. The average Bonchev–Trinajstić information content (AvgIpc) is 3.16. The van der Waals surface area contributed by atoms with Crippen LogP contribution in [-0.2, 0) is 17.8 Å². The van der Waals surface area contributed by atoms with Crippen LogP contribution in [0.3, 0.4) is 0 Å². The number of aryl methyl sites for hydroxylation is 1. The fraction of sp³-hybridized carbons (Fsp3) is 0.333. The highest BCUT2D eigenvalue weighted by Crippen LogP contribution is 2.30. The van der Waals surface area contributed by atoms with Gasteiger partial charge in [-0.25, -0.2) is 15.0 Å². The fourth-order valence-corrected chi connectivity index (χ4v) is 4.50. The molecule has 4 rings (SSSR count). The van der Waals surface area contributed by atoms with Gasteiger partial charge in [0.05, 0.1) is 30.0 Å². The molecule has 1 N–H and O–H groups in total. The Labute approximate surface area is 141 Å². The fourth-order valence-electron chi connectivity index (χ4n) is 2.72. The van der Waals surface area contributed by atoms with Crippen molar-refractivity contribution < 1.29 is 4.79 Å². The number of nitrogens with one attached hydrogen (secondary N) is 1. The van der Waals surface area contributed by atoms with Crippen molar-refractivity contribution in [1.82, 2.24) is 24.8 Å². The van der Waals surface area contributed by atoms with Gasteiger partial charge in [-0.2, -0.15) is 0 Å². The number of hydrogen-bond acceptors (Lipinski definition) is 6. The van der Waals surface area contributed by atoms with Crippen molar-refractivity contribution >= 4 is 39.2 Å². The molecule has 0 spiro atoms. The molecule has 1 amide bonds. The second-order valence-electron chi connectivity index (χ2n) is 5.44. The van der Waals surface area contributed by atoms with E-state index in [4.69, 9.17) is 0 Å². The van der Waals surface area contributed by atoms with Gasteiger partial charge in [0.25, 0.3) is 0 Å². The van der Waals surface area contributed by atoms with Crippen molar-refractivity contribution in [1.29, 1.82) is 0 Å². The number of aromatic nitrogens is 4. The highest BCUT2D eigenvalue weighted by Gasteiger charge is 2.22. The molecule has 1 aliphatic rings. The van der Waals surface area contributed by atoms with Gasteiger partial charge in [-0.15, -0.1) is 11.3 Å². The Bertz CT molecular complexity index is 872. The summed E-state index contributed by atoms with van der Waals surface area (Å²) in [6.07, 6.45) is 4.09. The third kappa shape index (κ3) is 2.84. The molecule has 0 unspecified atom stereocenters. The minimum Gasteiger partial charge on any atom is -0.347 e. The average molecular weight is 345 g/mol. The molecular formula is C15H15N5OS2. The van der Waals surface area contributed by atoms with E-state index < -0.39 is 0 Å². The van der Waals surface area contributed by atoms with Crippen LogP contribution in [-0.4, -0.2) is 43.0 Å². The number of aromatic amines is 1. The van der Waals surface area contributed by atoms with E-state index in [0.29, 0.717) is 12.3 Å². The molecule has 3 aromatic rings. The van der Waals surface area contributed by atoms with Crippen LogP contribution in [0.5, 0.6) is 0 Å². The number of thioether (sulfide) groups is 1. The lowest BCUT2D eigenvalue weighted by atomic mass is 10.1. The van der Waals surface area contributed by atoms with E-state index in [-0.39, 0.29) is 5.91 Å². The summed E-state index contributed by atoms with van der Waals surface area (Å²) in [5, 5.41) is 1.93. The number of fused-ring (bicyclic) bond motifs is 2. The number of carbonyl (C=O) groups excluding carboxylic acids is 1. The largest absolute Gasteiger partial charge is 0.347 e. The van der Waals surface area contributed by atoms with Crippen LogP contribution in [0.25, 0.3) is 10.2 Å². The molecule has 23 heavy (non-hydrogen) atoms. The Morgan fingerprint density at radius 3 is 3.26 bits per heavy atom. The van der Waals surface area contributed by atoms with E-state index in [9.17, 15) is 4.79 Å². The first-order chi connectivity index (χ1) is 11.2. The lowest BCUT2D eigenvalue weighted by molar-refractivity contribution is -0.129. The van der Waals surface area contributed by atoms with Crippen LogP contribution >= 0.6 is 23.1 Å². The summed E-state index contributed by atoms with van der Waals surface area (Å²) < 4.78 is 0. The Morgan fingerprint density at radius 1 is 1.43 bits per heavy atom. The zero-order chi connectivity index (χ0) is 15.8. The quantitative estimate of drug-likeness (QED) is 0.583. The number of thiophene rings is 1. The van der Waals surface area contributed by atoms with Crippen molar-refractivity contribution in [3.8, 4) is 0 Å². The monoisotopic (exact) mass is 345 g/mol. The van der Waals surface area contributed by atoms with Gasteiger partial charge in [0.2, 0.25) is 5.91 Å². The Morgan fingerprint density at radius 2 is 2.35 bits per heavy atom. The van der Waals surface area contributed by atoms with Gasteiger partial charge in [0, 0.05) is 23.2 Å². The van der Waals surface area contributed by atoms with E-state index in [1.807, 2.05) is 4.90 Å². The highest BCUT2D eigenvalue weighted by molar-refractivity contribution is 8.00. The van der Waals surface area contributed by atoms with Crippen molar-refractivity contribution in [3.05, 3.63) is 35.0 Å². The van der Waals surface area contributed by atoms with E-state index in [0.717, 1.165) is 39.6 Å². The predicted molar refractivity (Wildman–Crippen MR) is 90.6 cm³/mol. The lowest BCUT2D eigenvalue weighted by Gasteiger charge is -2.26. The number of H-pyrrole nitrogens is 1. The maximum absolute atomic E-state index is 12.5. The molecular weight excluding hydrogens is 330 g/mol. The first kappa shape index (κ1) is 14.6. The Kier molecular flexibility index (Phi) is 3.78. The second kappa shape index (κ2) is 5.93. The van der Waals surface area contributed by atoms with E-state index >= 15 is 0 Å². The van der Waals surface area contributed by atoms with Gasteiger partial charge in [-0.05, 0) is 13.0 Å². The molecule has 0 saturated carbocycles. The number of amides is 1. The van der Waals surface area contributed by atoms with Crippen molar-refractivity contribution in [3.63, 3.8) is 0 Å². The maximum atomic E-state index is 12.5. The minimum atomic E-state index is 0.133. The molecule has 1 aliphatic heterocycles. The number of carbonyl (C=O) groups is 1. The number of rotatable bonds is 3. The smallest absolute Gasteiger partial charge is 0.233 e. The van der Waals surface area contributed by atoms with E-state index in [2.05, 4.69) is 32.9 Å². The van der Waals surface area contributed by atoms with Crippen molar-refractivity contribution in [2.75, 3.05) is 12.3 Å². The zero-order valence-electron chi connectivity index (χ0n) is 12.6. The maximum Gasteiger partial charge on any atom is 0.233 e. The summed E-state index contributed by atoms with van der Waals surface area (Å²) in [6.45, 7) is 3.40. The van der Waals surface area contributed by atoms with Crippen LogP contribution in [0.15, 0.2) is 23.7 Å². The molecule has 8 heteroatoms. The van der Waals surface area contributed by atoms with Gasteiger partial charge in [-0.1, -0.05) is 11.8 Å². The summed E-state index contributed by atoms with van der Waals surface area (Å²) in [7, 11) is 0. The molecule has 3 aromatic heterocycles. The number of imidazole rings is 1. The lowest BCUT2D eigenvalue weighted by Crippen LogP contribution is -2.37. The molecule has 0 aliphatic carbocycles. The van der Waals surface area contributed by atoms with Gasteiger partial charge in [-0.3, -0.25) is 4.79 Å². The third-order valence-corrected chi connectivity index (χ3v) is 5.82. The van der Waals surface area contributed by atoms with Crippen molar-refractivity contribution in [2.45, 2.75) is 24.9 Å². The molecule has 118 valence electrons. The normalized spacial score (nSPS) is 14.2. The topological polar surface area (TPSA) is 74.8 Å². The number of hydrogen-bond donors (Lipinski definition) is 1. The summed E-state index contributed by atoms with van der Waals surface area (Å²) in [5.41, 5.74) is 2.13. The van der Waals surface area contributed by atoms with E-state index in [1.165, 1.54) is 16.6 Å². The van der Waals surface area contributed by atoms with Crippen LogP contribution in [0.1, 0.15) is 16.3 Å². The molecule has 0 aromatic carbocycles. The Balaban J connectivity index is 1.45. The Hall–Kier alpha value is -1.93. The predicted octanol–water partition coefficient (Wildman–Crippen LogP) is 2.40. The van der Waals surface area contributed by atoms with Gasteiger partial charge >= 0.3 is 0 Å². The van der Waals surface area contributed by atoms with Crippen LogP contribution in [0.2, 0.25) is 0 Å². The molecule has 0 saturated heterocycles. The van der Waals surface area contributed by atoms with E-state index in [1.54, 1.807) is 24.0 Å². The summed E-state index contributed by atoms with van der Waals surface area (Å²) >= 11 is 3.14. The highest BCUT2D eigenvalue weighted by atomic mass is 32.2. The number of nitrogens with zero attached hydrogens (tertiary/aromatic N) is 4. The molecule has 4 heterocycles. The molecule has 0 radical (unpaired) electrons. The summed E-state index contributed by atoms with van der Waals surface area (Å²) in [5.74, 6) is 0.527. The molecule has 0 fully saturated rings.